The molecule has 5 rings (SSSR count). The van der Waals surface area contributed by atoms with E-state index in [1.807, 2.05) is 56.3 Å². The van der Waals surface area contributed by atoms with E-state index in [-0.39, 0.29) is 41.8 Å². The Morgan fingerprint density at radius 2 is 1.87 bits per heavy atom. The van der Waals surface area contributed by atoms with Crippen LogP contribution in [0.25, 0.3) is 22.1 Å². The van der Waals surface area contributed by atoms with Gasteiger partial charge in [0.15, 0.2) is 0 Å². The molecule has 39 heavy (non-hydrogen) atoms. The summed E-state index contributed by atoms with van der Waals surface area (Å²) >= 11 is 5.88. The summed E-state index contributed by atoms with van der Waals surface area (Å²) in [6.45, 7) is 4.46. The Labute approximate surface area is 231 Å². The number of rotatable bonds is 7. The largest absolute Gasteiger partial charge is 0.464 e. The van der Waals surface area contributed by atoms with Crippen molar-refractivity contribution in [1.82, 2.24) is 10.2 Å². The number of carbonyl (C=O) groups excluding carboxylic acids is 2. The normalized spacial score (nSPS) is 19.0. The number of fused-ring (bicyclic) bond motifs is 1. The van der Waals surface area contributed by atoms with Gasteiger partial charge in [-0.15, -0.1) is 0 Å². The van der Waals surface area contributed by atoms with Crippen molar-refractivity contribution < 1.29 is 18.4 Å². The highest BCUT2D eigenvalue weighted by Gasteiger charge is 2.42. The average Bonchev–Trinajstić information content (AvgIpc) is 3.53. The highest BCUT2D eigenvalue weighted by molar-refractivity contribution is 6.30. The van der Waals surface area contributed by atoms with Crippen LogP contribution in [0.3, 0.4) is 0 Å². The zero-order chi connectivity index (χ0) is 27.7. The molecule has 8 heteroatoms. The number of nitrogens with two attached hydrogens (primary N) is 1. The molecular weight excluding hydrogens is 517 g/mol. The second kappa shape index (κ2) is 11.2. The number of likely N-dealkylation sites (tertiary alicyclic amines) is 1. The molecule has 202 valence electrons. The van der Waals surface area contributed by atoms with Gasteiger partial charge in [-0.1, -0.05) is 54.9 Å². The molecule has 0 unspecified atom stereocenters. The van der Waals surface area contributed by atoms with Crippen LogP contribution in [0.1, 0.15) is 37.0 Å². The van der Waals surface area contributed by atoms with Crippen LogP contribution in [0, 0.1) is 11.7 Å². The Morgan fingerprint density at radius 1 is 1.10 bits per heavy atom. The minimum Gasteiger partial charge on any atom is -0.464 e. The maximum absolute atomic E-state index is 14.3. The fourth-order valence-corrected chi connectivity index (χ4v) is 5.58. The first-order valence-electron chi connectivity index (χ1n) is 13.1. The number of hydrogen-bond acceptors (Lipinski definition) is 4. The Balaban J connectivity index is 1.37. The predicted octanol–water partition coefficient (Wildman–Crippen LogP) is 5.84. The van der Waals surface area contributed by atoms with Crippen molar-refractivity contribution in [3.8, 4) is 11.1 Å². The van der Waals surface area contributed by atoms with Crippen molar-refractivity contribution in [3.63, 3.8) is 0 Å². The van der Waals surface area contributed by atoms with Crippen molar-refractivity contribution in [1.29, 1.82) is 0 Å². The fourth-order valence-electron chi connectivity index (χ4n) is 5.39. The zero-order valence-electron chi connectivity index (χ0n) is 21.9. The molecule has 0 bridgehead atoms. The van der Waals surface area contributed by atoms with Gasteiger partial charge in [-0.05, 0) is 60.2 Å². The molecule has 3 aromatic carbocycles. The molecule has 1 saturated heterocycles. The quantitative estimate of drug-likeness (QED) is 0.304. The lowest BCUT2D eigenvalue weighted by Crippen LogP contribution is -2.48. The summed E-state index contributed by atoms with van der Waals surface area (Å²) in [7, 11) is 0. The SMILES string of the molecule is C[C@@H]1C[C@@H](C(=O)NCc2cccc(Cl)c2F)N(C(=O)Cc2cc(-c3ccc(CN)cc3)c3occc3c2)[C@@H]1C. The van der Waals surface area contributed by atoms with E-state index in [9.17, 15) is 14.0 Å². The first-order valence-corrected chi connectivity index (χ1v) is 13.5. The smallest absolute Gasteiger partial charge is 0.243 e. The summed E-state index contributed by atoms with van der Waals surface area (Å²) in [5.74, 6) is -0.845. The molecule has 3 N–H and O–H groups in total. The third-order valence-electron chi connectivity index (χ3n) is 7.74. The number of carbonyl (C=O) groups is 2. The van der Waals surface area contributed by atoms with Crippen molar-refractivity contribution in [2.75, 3.05) is 0 Å². The van der Waals surface area contributed by atoms with Crippen LogP contribution in [-0.4, -0.2) is 28.8 Å². The van der Waals surface area contributed by atoms with Crippen molar-refractivity contribution in [2.24, 2.45) is 11.7 Å². The number of nitrogens with zero attached hydrogens (tertiary/aromatic N) is 1. The van der Waals surface area contributed by atoms with Crippen molar-refractivity contribution >= 4 is 34.4 Å². The Hall–Kier alpha value is -3.68. The molecule has 2 heterocycles. The molecule has 0 aliphatic carbocycles. The fraction of sp³-hybridized carbons (Fsp3) is 0.290. The molecule has 0 radical (unpaired) electrons. The number of halogens is 2. The summed E-state index contributed by atoms with van der Waals surface area (Å²) in [5, 5.41) is 3.71. The molecule has 1 aromatic heterocycles. The Kier molecular flexibility index (Phi) is 7.73. The molecule has 1 fully saturated rings. The Bertz CT molecular complexity index is 1520. The molecule has 3 atom stereocenters. The molecule has 4 aromatic rings. The molecule has 1 aliphatic rings. The van der Waals surface area contributed by atoms with Gasteiger partial charge in [0.1, 0.15) is 17.4 Å². The first-order chi connectivity index (χ1) is 18.8. The van der Waals surface area contributed by atoms with E-state index in [4.69, 9.17) is 21.8 Å². The lowest BCUT2D eigenvalue weighted by Gasteiger charge is -2.29. The molecule has 0 saturated carbocycles. The van der Waals surface area contributed by atoms with E-state index in [1.54, 1.807) is 23.3 Å². The van der Waals surface area contributed by atoms with Gasteiger partial charge in [0.25, 0.3) is 0 Å². The maximum Gasteiger partial charge on any atom is 0.243 e. The van der Waals surface area contributed by atoms with E-state index < -0.39 is 11.9 Å². The standard InChI is InChI=1S/C31H31ClFN3O3/c1-18-12-27(31(38)35-17-24-4-3-5-26(32)29(24)33)36(19(18)2)28(37)15-21-13-23-10-11-39-30(23)25(14-21)22-8-6-20(16-34)7-9-22/h3-11,13-14,18-19,27H,12,15-17,34H2,1-2H3,(H,35,38)/t18-,19-,27+/m1/s1. The number of nitrogens with one attached hydrogen (secondary N) is 1. The van der Waals surface area contributed by atoms with E-state index in [1.165, 1.54) is 6.07 Å². The molecule has 1 aliphatic heterocycles. The van der Waals surface area contributed by atoms with Gasteiger partial charge in [0.2, 0.25) is 11.8 Å². The lowest BCUT2D eigenvalue weighted by atomic mass is 9.97. The van der Waals surface area contributed by atoms with Gasteiger partial charge in [-0.25, -0.2) is 4.39 Å². The van der Waals surface area contributed by atoms with Crippen LogP contribution in [0.2, 0.25) is 5.02 Å². The highest BCUT2D eigenvalue weighted by atomic mass is 35.5. The van der Waals surface area contributed by atoms with Gasteiger partial charge >= 0.3 is 0 Å². The van der Waals surface area contributed by atoms with Gasteiger partial charge in [0, 0.05) is 35.6 Å². The van der Waals surface area contributed by atoms with Crippen LogP contribution in [-0.2, 0) is 29.1 Å². The molecule has 2 amide bonds. The molecule has 6 nitrogen and oxygen atoms in total. The number of amides is 2. The average molecular weight is 548 g/mol. The predicted molar refractivity (Wildman–Crippen MR) is 150 cm³/mol. The van der Waals surface area contributed by atoms with E-state index >= 15 is 0 Å². The third kappa shape index (κ3) is 5.42. The monoisotopic (exact) mass is 547 g/mol. The van der Waals surface area contributed by atoms with Crippen LogP contribution in [0.5, 0.6) is 0 Å². The van der Waals surface area contributed by atoms with E-state index in [0.717, 1.165) is 33.2 Å². The minimum atomic E-state index is -0.634. The van der Waals surface area contributed by atoms with Crippen molar-refractivity contribution in [2.45, 2.75) is 51.9 Å². The number of benzene rings is 3. The topological polar surface area (TPSA) is 88.6 Å². The minimum absolute atomic E-state index is 0.00399. The Morgan fingerprint density at radius 3 is 2.62 bits per heavy atom. The van der Waals surface area contributed by atoms with Gasteiger partial charge in [0.05, 0.1) is 17.7 Å². The number of hydrogen-bond donors (Lipinski definition) is 2. The van der Waals surface area contributed by atoms with Gasteiger partial charge < -0.3 is 20.4 Å². The second-order valence-corrected chi connectivity index (χ2v) is 10.7. The maximum atomic E-state index is 14.3. The van der Waals surface area contributed by atoms with E-state index in [2.05, 4.69) is 5.32 Å². The van der Waals surface area contributed by atoms with Crippen LogP contribution in [0.15, 0.2) is 71.3 Å². The third-order valence-corrected chi connectivity index (χ3v) is 8.03. The van der Waals surface area contributed by atoms with Gasteiger partial charge in [-0.3, -0.25) is 9.59 Å². The zero-order valence-corrected chi connectivity index (χ0v) is 22.7. The molecule has 0 spiro atoms. The first kappa shape index (κ1) is 26.9. The second-order valence-electron chi connectivity index (χ2n) is 10.3. The summed E-state index contributed by atoms with van der Waals surface area (Å²) in [6.07, 6.45) is 2.32. The summed E-state index contributed by atoms with van der Waals surface area (Å²) < 4.78 is 20.1. The lowest BCUT2D eigenvalue weighted by molar-refractivity contribution is -0.139. The summed E-state index contributed by atoms with van der Waals surface area (Å²) in [5.41, 5.74) is 10.5. The summed E-state index contributed by atoms with van der Waals surface area (Å²) in [6, 6.07) is 17.7. The van der Waals surface area contributed by atoms with Crippen molar-refractivity contribution in [3.05, 3.63) is 94.5 Å². The molecular formula is C31H31ClFN3O3. The highest BCUT2D eigenvalue weighted by Crippen LogP contribution is 2.34. The summed E-state index contributed by atoms with van der Waals surface area (Å²) in [4.78, 5) is 28.6. The van der Waals surface area contributed by atoms with Crippen LogP contribution < -0.4 is 11.1 Å². The van der Waals surface area contributed by atoms with Gasteiger partial charge in [-0.2, -0.15) is 0 Å². The van der Waals surface area contributed by atoms with E-state index in [0.29, 0.717) is 18.5 Å². The van der Waals surface area contributed by atoms with Crippen LogP contribution in [0.4, 0.5) is 4.39 Å². The van der Waals surface area contributed by atoms with Crippen LogP contribution >= 0.6 is 11.6 Å². The number of furan rings is 1.